The number of methoxy groups -OCH3 is 1. The normalized spacial score (nSPS) is 11.6. The van der Waals surface area contributed by atoms with Gasteiger partial charge < -0.3 is 14.2 Å². The maximum atomic E-state index is 13.1. The summed E-state index contributed by atoms with van der Waals surface area (Å²) in [5, 5.41) is 3.41. The van der Waals surface area contributed by atoms with Crippen LogP contribution in [0.4, 0.5) is 11.4 Å². The Morgan fingerprint density at radius 3 is 1.94 bits per heavy atom. The first-order valence-corrected chi connectivity index (χ1v) is 12.1. The van der Waals surface area contributed by atoms with Gasteiger partial charge in [0.15, 0.2) is 0 Å². The highest BCUT2D eigenvalue weighted by Crippen LogP contribution is 2.40. The Labute approximate surface area is 191 Å². The van der Waals surface area contributed by atoms with E-state index in [1.807, 2.05) is 71.0 Å². The number of anilines is 2. The lowest BCUT2D eigenvalue weighted by Crippen LogP contribution is -2.14. The van der Waals surface area contributed by atoms with Crippen molar-refractivity contribution in [1.29, 1.82) is 0 Å². The van der Waals surface area contributed by atoms with Gasteiger partial charge in [-0.2, -0.15) is 8.42 Å². The lowest BCUT2D eigenvalue weighted by Gasteiger charge is -2.22. The highest BCUT2D eigenvalue weighted by molar-refractivity contribution is 7.87. The Bertz CT molecular complexity index is 1150. The summed E-state index contributed by atoms with van der Waals surface area (Å²) in [6.45, 7) is 10.0. The standard InChI is InChI=1S/C26H31NO4S/c1-17(2)24-15-21(27-20-8-7-9-22(14-20)30-6)16-25(18(3)4)26(24)31-32(28,29)23-12-10-19(5)11-13-23/h7-18,27H,1-6H3. The molecule has 0 amide bonds. The lowest BCUT2D eigenvalue weighted by molar-refractivity contribution is 0.415. The van der Waals surface area contributed by atoms with Gasteiger partial charge >= 0.3 is 10.1 Å². The molecule has 3 aromatic carbocycles. The molecule has 0 aliphatic heterocycles. The molecule has 0 aliphatic rings. The fourth-order valence-electron chi connectivity index (χ4n) is 3.43. The summed E-state index contributed by atoms with van der Waals surface area (Å²) >= 11 is 0. The molecule has 0 aliphatic carbocycles. The average molecular weight is 454 g/mol. The predicted octanol–water partition coefficient (Wildman–Crippen LogP) is 6.76. The van der Waals surface area contributed by atoms with Crippen LogP contribution in [0.3, 0.4) is 0 Å². The topological polar surface area (TPSA) is 64.6 Å². The summed E-state index contributed by atoms with van der Waals surface area (Å²) in [7, 11) is -2.33. The molecule has 0 aromatic heterocycles. The summed E-state index contributed by atoms with van der Waals surface area (Å²) in [6, 6.07) is 18.3. The average Bonchev–Trinajstić information content (AvgIpc) is 2.74. The molecule has 6 heteroatoms. The molecule has 0 saturated carbocycles. The molecular formula is C26H31NO4S. The Hall–Kier alpha value is -2.99. The monoisotopic (exact) mass is 453 g/mol. The van der Waals surface area contributed by atoms with Crippen molar-refractivity contribution in [2.75, 3.05) is 12.4 Å². The van der Waals surface area contributed by atoms with Gasteiger partial charge in [0.05, 0.1) is 7.11 Å². The van der Waals surface area contributed by atoms with E-state index in [9.17, 15) is 8.42 Å². The smallest absolute Gasteiger partial charge is 0.339 e. The first kappa shape index (κ1) is 23.7. The van der Waals surface area contributed by atoms with Crippen molar-refractivity contribution in [2.24, 2.45) is 0 Å². The summed E-state index contributed by atoms with van der Waals surface area (Å²) < 4.78 is 37.2. The zero-order valence-electron chi connectivity index (χ0n) is 19.5. The number of benzene rings is 3. The van der Waals surface area contributed by atoms with Crippen LogP contribution < -0.4 is 14.2 Å². The zero-order valence-corrected chi connectivity index (χ0v) is 20.3. The molecule has 3 rings (SSSR count). The van der Waals surface area contributed by atoms with Crippen LogP contribution in [0.5, 0.6) is 11.5 Å². The number of aryl methyl sites for hydroxylation is 1. The molecule has 0 fully saturated rings. The fraction of sp³-hybridized carbons (Fsp3) is 0.308. The van der Waals surface area contributed by atoms with E-state index in [-0.39, 0.29) is 16.7 Å². The number of hydrogen-bond acceptors (Lipinski definition) is 5. The van der Waals surface area contributed by atoms with Gasteiger partial charge in [0.2, 0.25) is 0 Å². The first-order valence-electron chi connectivity index (χ1n) is 10.7. The van der Waals surface area contributed by atoms with E-state index in [1.54, 1.807) is 31.4 Å². The van der Waals surface area contributed by atoms with E-state index in [1.165, 1.54) is 0 Å². The lowest BCUT2D eigenvalue weighted by atomic mass is 9.93. The SMILES string of the molecule is COc1cccc(Nc2cc(C(C)C)c(OS(=O)(=O)c3ccc(C)cc3)c(C(C)C)c2)c1. The molecule has 0 unspecified atom stereocenters. The van der Waals surface area contributed by atoms with Crippen molar-refractivity contribution in [3.05, 3.63) is 77.4 Å². The van der Waals surface area contributed by atoms with E-state index in [4.69, 9.17) is 8.92 Å². The van der Waals surface area contributed by atoms with Gasteiger partial charge in [-0.25, -0.2) is 0 Å². The van der Waals surface area contributed by atoms with Crippen molar-refractivity contribution in [1.82, 2.24) is 0 Å². The third kappa shape index (κ3) is 5.43. The predicted molar refractivity (Wildman–Crippen MR) is 130 cm³/mol. The maximum Gasteiger partial charge on any atom is 0.339 e. The summed E-state index contributed by atoms with van der Waals surface area (Å²) in [5.74, 6) is 1.28. The minimum Gasteiger partial charge on any atom is -0.497 e. The number of hydrogen-bond donors (Lipinski definition) is 1. The van der Waals surface area contributed by atoms with Crippen molar-refractivity contribution in [2.45, 2.75) is 51.3 Å². The molecule has 0 spiro atoms. The molecule has 5 nitrogen and oxygen atoms in total. The quantitative estimate of drug-likeness (QED) is 0.382. The van der Waals surface area contributed by atoms with Gasteiger partial charge in [-0.3, -0.25) is 0 Å². The van der Waals surface area contributed by atoms with Crippen LogP contribution in [-0.2, 0) is 10.1 Å². The highest BCUT2D eigenvalue weighted by Gasteiger charge is 2.24. The Balaban J connectivity index is 2.06. The van der Waals surface area contributed by atoms with Crippen LogP contribution in [0.25, 0.3) is 0 Å². The van der Waals surface area contributed by atoms with Gasteiger partial charge in [-0.1, -0.05) is 51.5 Å². The van der Waals surface area contributed by atoms with Gasteiger partial charge in [0.1, 0.15) is 16.4 Å². The molecular weight excluding hydrogens is 422 g/mol. The molecule has 32 heavy (non-hydrogen) atoms. The van der Waals surface area contributed by atoms with Crippen LogP contribution in [0.15, 0.2) is 65.6 Å². The van der Waals surface area contributed by atoms with Crippen molar-refractivity contribution in [3.8, 4) is 11.5 Å². The van der Waals surface area contributed by atoms with Gasteiger partial charge in [0.25, 0.3) is 0 Å². The van der Waals surface area contributed by atoms with E-state index >= 15 is 0 Å². The zero-order chi connectivity index (χ0) is 23.5. The van der Waals surface area contributed by atoms with Crippen LogP contribution in [0.1, 0.15) is 56.2 Å². The molecule has 0 bridgehead atoms. The second-order valence-electron chi connectivity index (χ2n) is 8.50. The van der Waals surface area contributed by atoms with Crippen molar-refractivity contribution in [3.63, 3.8) is 0 Å². The summed E-state index contributed by atoms with van der Waals surface area (Å²) in [6.07, 6.45) is 0. The molecule has 0 saturated heterocycles. The maximum absolute atomic E-state index is 13.1. The molecule has 0 atom stereocenters. The largest absolute Gasteiger partial charge is 0.497 e. The van der Waals surface area contributed by atoms with E-state index in [0.29, 0.717) is 5.75 Å². The van der Waals surface area contributed by atoms with E-state index < -0.39 is 10.1 Å². The minimum absolute atomic E-state index is 0.0581. The summed E-state index contributed by atoms with van der Waals surface area (Å²) in [4.78, 5) is 0.145. The van der Waals surface area contributed by atoms with Crippen LogP contribution in [-0.4, -0.2) is 15.5 Å². The van der Waals surface area contributed by atoms with Crippen molar-refractivity contribution < 1.29 is 17.3 Å². The molecule has 0 radical (unpaired) electrons. The van der Waals surface area contributed by atoms with Gasteiger partial charge in [-0.15, -0.1) is 0 Å². The summed E-state index contributed by atoms with van der Waals surface area (Å²) in [5.41, 5.74) is 4.40. The fourth-order valence-corrected chi connectivity index (χ4v) is 4.41. The third-order valence-electron chi connectivity index (χ3n) is 5.25. The highest BCUT2D eigenvalue weighted by atomic mass is 32.2. The van der Waals surface area contributed by atoms with Gasteiger partial charge in [0, 0.05) is 28.6 Å². The second-order valence-corrected chi connectivity index (χ2v) is 10.0. The number of rotatable bonds is 8. The van der Waals surface area contributed by atoms with Crippen LogP contribution >= 0.6 is 0 Å². The van der Waals surface area contributed by atoms with Crippen LogP contribution in [0.2, 0.25) is 0 Å². The van der Waals surface area contributed by atoms with E-state index in [2.05, 4.69) is 5.32 Å². The molecule has 1 N–H and O–H groups in total. The van der Waals surface area contributed by atoms with Crippen molar-refractivity contribution >= 4 is 21.5 Å². The first-order chi connectivity index (χ1) is 15.1. The van der Waals surface area contributed by atoms with Gasteiger partial charge in [-0.05, 0) is 55.2 Å². The number of ether oxygens (including phenoxy) is 1. The Kier molecular flexibility index (Phi) is 7.14. The minimum atomic E-state index is -3.96. The number of nitrogens with one attached hydrogen (secondary N) is 1. The molecule has 170 valence electrons. The third-order valence-corrected chi connectivity index (χ3v) is 6.49. The van der Waals surface area contributed by atoms with E-state index in [0.717, 1.165) is 33.8 Å². The van der Waals surface area contributed by atoms with Crippen LogP contribution in [0, 0.1) is 6.92 Å². The Morgan fingerprint density at radius 2 is 1.41 bits per heavy atom. The molecule has 0 heterocycles. The second kappa shape index (κ2) is 9.65. The molecule has 3 aromatic rings. The Morgan fingerprint density at radius 1 is 0.812 bits per heavy atom.